The third-order valence-electron chi connectivity index (χ3n) is 2.88. The van der Waals surface area contributed by atoms with Crippen LogP contribution < -0.4 is 0 Å². The Balaban J connectivity index is 0.000000198. The standard InChI is InChI=1S/C10H12O3S.C6H4/c1-2-13-10(12)6-5-8(11)9-4-3-7-14-9;1-2-6-4-3-5(1)6/h3-4,7H,2,5-6H2,1H3;1-4H. The molecule has 0 radical (unpaired) electrons. The van der Waals surface area contributed by atoms with Crippen molar-refractivity contribution in [3.05, 3.63) is 46.7 Å². The summed E-state index contributed by atoms with van der Waals surface area (Å²) in [5, 5.41) is 1.84. The molecule has 1 aromatic heterocycles. The first-order valence-corrected chi connectivity index (χ1v) is 7.41. The first-order valence-electron chi connectivity index (χ1n) is 6.53. The lowest BCUT2D eigenvalue weighted by atomic mass is 9.95. The second kappa shape index (κ2) is 7.01. The van der Waals surface area contributed by atoms with Crippen LogP contribution in [-0.4, -0.2) is 18.4 Å². The van der Waals surface area contributed by atoms with Gasteiger partial charge in [-0.2, -0.15) is 0 Å². The van der Waals surface area contributed by atoms with Gasteiger partial charge in [0.05, 0.1) is 17.9 Å². The molecule has 1 heterocycles. The summed E-state index contributed by atoms with van der Waals surface area (Å²) in [5.74, 6) is -0.301. The third kappa shape index (κ3) is 3.78. The maximum atomic E-state index is 11.4. The zero-order valence-electron chi connectivity index (χ0n) is 11.3. The molecule has 0 unspecified atom stereocenters. The van der Waals surface area contributed by atoms with Crippen LogP contribution in [0.1, 0.15) is 29.4 Å². The summed E-state index contributed by atoms with van der Waals surface area (Å²) < 4.78 is 4.72. The number of benzene rings is 1. The predicted molar refractivity (Wildman–Crippen MR) is 80.0 cm³/mol. The van der Waals surface area contributed by atoms with Crippen LogP contribution in [0.5, 0.6) is 0 Å². The molecule has 3 rings (SSSR count). The number of Topliss-reactive ketones (excluding diaryl/α,β-unsaturated/α-hetero) is 1. The second-order valence-electron chi connectivity index (χ2n) is 4.28. The van der Waals surface area contributed by atoms with E-state index in [1.807, 2.05) is 11.4 Å². The van der Waals surface area contributed by atoms with Gasteiger partial charge in [0.1, 0.15) is 0 Å². The van der Waals surface area contributed by atoms with E-state index in [0.29, 0.717) is 11.5 Å². The van der Waals surface area contributed by atoms with E-state index in [1.54, 1.807) is 13.0 Å². The van der Waals surface area contributed by atoms with Gasteiger partial charge in [-0.15, -0.1) is 11.3 Å². The second-order valence-corrected chi connectivity index (χ2v) is 5.23. The average molecular weight is 288 g/mol. The van der Waals surface area contributed by atoms with E-state index >= 15 is 0 Å². The highest BCUT2D eigenvalue weighted by molar-refractivity contribution is 7.12. The number of fused-ring (bicyclic) bond motifs is 1. The van der Waals surface area contributed by atoms with Gasteiger partial charge >= 0.3 is 5.97 Å². The molecule has 20 heavy (non-hydrogen) atoms. The molecule has 2 aliphatic rings. The highest BCUT2D eigenvalue weighted by Gasteiger charge is 2.10. The zero-order chi connectivity index (χ0) is 14.4. The van der Waals surface area contributed by atoms with Crippen molar-refractivity contribution in [2.45, 2.75) is 19.8 Å². The van der Waals surface area contributed by atoms with E-state index in [2.05, 4.69) is 24.3 Å². The number of hydrogen-bond acceptors (Lipinski definition) is 4. The lowest BCUT2D eigenvalue weighted by Crippen LogP contribution is -2.07. The molecule has 0 saturated heterocycles. The lowest BCUT2D eigenvalue weighted by Gasteiger charge is -2.10. The fraction of sp³-hybridized carbons (Fsp3) is 0.250. The summed E-state index contributed by atoms with van der Waals surface area (Å²) in [5.41, 5.74) is 2.85. The summed E-state index contributed by atoms with van der Waals surface area (Å²) in [7, 11) is 0. The number of ether oxygens (including phenoxy) is 1. The maximum Gasteiger partial charge on any atom is 0.306 e. The molecular formula is C16H16O3S. The number of ketones is 1. The Morgan fingerprint density at radius 2 is 1.70 bits per heavy atom. The van der Waals surface area contributed by atoms with Crippen LogP contribution >= 0.6 is 11.3 Å². The van der Waals surface area contributed by atoms with Crippen LogP contribution in [-0.2, 0) is 9.53 Å². The Morgan fingerprint density at radius 1 is 1.05 bits per heavy atom. The van der Waals surface area contributed by atoms with Gasteiger partial charge in [0.15, 0.2) is 5.78 Å². The van der Waals surface area contributed by atoms with Crippen molar-refractivity contribution in [3.8, 4) is 11.1 Å². The van der Waals surface area contributed by atoms with Gasteiger partial charge in [-0.05, 0) is 29.5 Å². The number of esters is 1. The van der Waals surface area contributed by atoms with E-state index in [-0.39, 0.29) is 24.6 Å². The smallest absolute Gasteiger partial charge is 0.306 e. The maximum absolute atomic E-state index is 11.4. The summed E-state index contributed by atoms with van der Waals surface area (Å²) >= 11 is 1.39. The summed E-state index contributed by atoms with van der Waals surface area (Å²) in [6.45, 7) is 2.12. The molecule has 4 heteroatoms. The number of hydrogen-bond donors (Lipinski definition) is 0. The molecule has 0 fully saturated rings. The fourth-order valence-corrected chi connectivity index (χ4v) is 2.37. The van der Waals surface area contributed by atoms with E-state index in [1.165, 1.54) is 22.5 Å². The van der Waals surface area contributed by atoms with Gasteiger partial charge in [0.25, 0.3) is 0 Å². The average Bonchev–Trinajstić information content (AvgIpc) is 2.95. The predicted octanol–water partition coefficient (Wildman–Crippen LogP) is 3.94. The largest absolute Gasteiger partial charge is 0.466 e. The number of thiophene rings is 1. The van der Waals surface area contributed by atoms with E-state index in [4.69, 9.17) is 4.74 Å². The van der Waals surface area contributed by atoms with Gasteiger partial charge in [0, 0.05) is 6.42 Å². The molecule has 0 amide bonds. The molecule has 1 aromatic rings. The Morgan fingerprint density at radius 3 is 2.10 bits per heavy atom. The van der Waals surface area contributed by atoms with E-state index in [9.17, 15) is 9.59 Å². The van der Waals surface area contributed by atoms with E-state index < -0.39 is 0 Å². The molecule has 3 nitrogen and oxygen atoms in total. The Labute approximate surface area is 122 Å². The first kappa shape index (κ1) is 14.5. The van der Waals surface area contributed by atoms with Crippen molar-refractivity contribution in [1.82, 2.24) is 0 Å². The van der Waals surface area contributed by atoms with Gasteiger partial charge < -0.3 is 4.74 Å². The van der Waals surface area contributed by atoms with Gasteiger partial charge in [-0.25, -0.2) is 0 Å². The van der Waals surface area contributed by atoms with Crippen LogP contribution in [0.3, 0.4) is 0 Å². The molecular weight excluding hydrogens is 272 g/mol. The summed E-state index contributed by atoms with van der Waals surface area (Å²) in [6.07, 6.45) is 0.407. The molecule has 0 bridgehead atoms. The minimum atomic E-state index is -0.308. The molecule has 0 saturated carbocycles. The van der Waals surface area contributed by atoms with Gasteiger partial charge in [0.2, 0.25) is 0 Å². The Hall–Kier alpha value is -1.94. The molecule has 0 aliphatic heterocycles. The van der Waals surface area contributed by atoms with Crippen LogP contribution in [0.4, 0.5) is 0 Å². The highest BCUT2D eigenvalue weighted by Crippen LogP contribution is 2.29. The summed E-state index contributed by atoms with van der Waals surface area (Å²) in [4.78, 5) is 23.1. The molecule has 0 N–H and O–H groups in total. The van der Waals surface area contributed by atoms with Crippen molar-refractivity contribution in [3.63, 3.8) is 0 Å². The molecule has 104 valence electrons. The quantitative estimate of drug-likeness (QED) is 0.527. The van der Waals surface area contributed by atoms with Crippen molar-refractivity contribution in [2.75, 3.05) is 6.61 Å². The van der Waals surface area contributed by atoms with Crippen molar-refractivity contribution >= 4 is 23.1 Å². The SMILES string of the molecule is CCOC(=O)CCC(=O)c1cccs1.c1cc2ccc1-2. The zero-order valence-corrected chi connectivity index (χ0v) is 12.1. The number of carbonyl (C=O) groups excluding carboxylic acids is 2. The van der Waals surface area contributed by atoms with Gasteiger partial charge in [-0.1, -0.05) is 30.3 Å². The minimum Gasteiger partial charge on any atom is -0.466 e. The first-order chi connectivity index (χ1) is 9.70. The van der Waals surface area contributed by atoms with Crippen LogP contribution in [0.25, 0.3) is 11.1 Å². The lowest BCUT2D eigenvalue weighted by molar-refractivity contribution is -0.143. The molecule has 0 aromatic carbocycles. The van der Waals surface area contributed by atoms with Crippen LogP contribution in [0.15, 0.2) is 41.8 Å². The molecule has 2 aliphatic carbocycles. The monoisotopic (exact) mass is 288 g/mol. The number of carbonyl (C=O) groups is 2. The topological polar surface area (TPSA) is 43.4 Å². The Kier molecular flexibility index (Phi) is 5.07. The van der Waals surface area contributed by atoms with Crippen molar-refractivity contribution in [1.29, 1.82) is 0 Å². The van der Waals surface area contributed by atoms with Crippen LogP contribution in [0, 0.1) is 0 Å². The fourth-order valence-electron chi connectivity index (χ4n) is 1.67. The van der Waals surface area contributed by atoms with Crippen LogP contribution in [0.2, 0.25) is 0 Å². The molecule has 0 spiro atoms. The third-order valence-corrected chi connectivity index (χ3v) is 3.79. The highest BCUT2D eigenvalue weighted by atomic mass is 32.1. The molecule has 0 atom stereocenters. The number of rotatable bonds is 5. The van der Waals surface area contributed by atoms with Gasteiger partial charge in [-0.3, -0.25) is 9.59 Å². The van der Waals surface area contributed by atoms with Crippen molar-refractivity contribution in [2.24, 2.45) is 0 Å². The summed E-state index contributed by atoms with van der Waals surface area (Å²) in [6, 6.07) is 12.1. The normalized spacial score (nSPS) is 10.2. The minimum absolute atomic E-state index is 0.00746. The van der Waals surface area contributed by atoms with E-state index in [0.717, 1.165) is 0 Å². The Bertz CT molecular complexity index is 549. The van der Waals surface area contributed by atoms with Crippen molar-refractivity contribution < 1.29 is 14.3 Å².